The first-order chi connectivity index (χ1) is 9.80. The van der Waals surface area contributed by atoms with Crippen molar-refractivity contribution in [2.45, 2.75) is 26.2 Å². The molecule has 2 aromatic rings. The van der Waals surface area contributed by atoms with E-state index in [1.807, 2.05) is 20.8 Å². The maximum atomic E-state index is 12.5. The average Bonchev–Trinajstić information content (AvgIpc) is 2.90. The molecular weight excluding hydrogens is 286 g/mol. The summed E-state index contributed by atoms with van der Waals surface area (Å²) in [5.74, 6) is -0.630. The zero-order valence-electron chi connectivity index (χ0n) is 12.0. The van der Waals surface area contributed by atoms with Crippen LogP contribution in [0.1, 0.15) is 47.2 Å². The van der Waals surface area contributed by atoms with E-state index in [-0.39, 0.29) is 17.2 Å². The van der Waals surface area contributed by atoms with Crippen molar-refractivity contribution in [2.24, 2.45) is 0 Å². The van der Waals surface area contributed by atoms with Crippen molar-refractivity contribution in [3.05, 3.63) is 41.1 Å². The summed E-state index contributed by atoms with van der Waals surface area (Å²) in [6.45, 7) is 5.93. The van der Waals surface area contributed by atoms with E-state index in [0.717, 1.165) is 0 Å². The number of imide groups is 1. The van der Waals surface area contributed by atoms with E-state index in [4.69, 9.17) is 5.73 Å². The molecule has 1 aliphatic rings. The van der Waals surface area contributed by atoms with Gasteiger partial charge in [0.15, 0.2) is 5.13 Å². The Hall–Kier alpha value is -2.21. The molecule has 2 heterocycles. The maximum Gasteiger partial charge on any atom is 0.266 e. The fraction of sp³-hybridized carbons (Fsp3) is 0.267. The van der Waals surface area contributed by atoms with Crippen LogP contribution in [-0.4, -0.2) is 16.8 Å². The van der Waals surface area contributed by atoms with Crippen molar-refractivity contribution >= 4 is 33.3 Å². The third-order valence-electron chi connectivity index (χ3n) is 3.33. The summed E-state index contributed by atoms with van der Waals surface area (Å²) in [6, 6.07) is 6.83. The normalized spacial score (nSPS) is 14.7. The van der Waals surface area contributed by atoms with Crippen molar-refractivity contribution in [1.82, 2.24) is 4.98 Å². The number of hydrogen-bond donors (Lipinski definition) is 1. The van der Waals surface area contributed by atoms with Crippen LogP contribution >= 0.6 is 11.3 Å². The first-order valence-corrected chi connectivity index (χ1v) is 7.37. The lowest BCUT2D eigenvalue weighted by Gasteiger charge is -2.21. The Kier molecular flexibility index (Phi) is 2.88. The zero-order valence-corrected chi connectivity index (χ0v) is 12.8. The topological polar surface area (TPSA) is 76.3 Å². The molecule has 0 aliphatic carbocycles. The monoisotopic (exact) mass is 301 g/mol. The van der Waals surface area contributed by atoms with Gasteiger partial charge in [0.25, 0.3) is 11.8 Å². The number of carbonyl (C=O) groups excluding carboxylic acids is 2. The fourth-order valence-corrected chi connectivity index (χ4v) is 3.38. The number of amides is 2. The Morgan fingerprint density at radius 3 is 2.10 bits per heavy atom. The lowest BCUT2D eigenvalue weighted by molar-refractivity contribution is 0.0926. The molecule has 1 aliphatic heterocycles. The third kappa shape index (κ3) is 2.03. The number of thiazole rings is 1. The summed E-state index contributed by atoms with van der Waals surface area (Å²) in [7, 11) is 0. The predicted octanol–water partition coefficient (Wildman–Crippen LogP) is 2.82. The second-order valence-corrected chi connectivity index (χ2v) is 6.96. The van der Waals surface area contributed by atoms with Crippen LogP contribution in [0.25, 0.3) is 0 Å². The molecular formula is C15H15N3O2S. The number of fused-ring (bicyclic) bond motifs is 1. The number of nitrogens with two attached hydrogens (primary N) is 1. The second kappa shape index (κ2) is 4.39. The Morgan fingerprint density at radius 2 is 1.62 bits per heavy atom. The van der Waals surface area contributed by atoms with Gasteiger partial charge < -0.3 is 5.73 Å². The Morgan fingerprint density at radius 1 is 1.10 bits per heavy atom. The van der Waals surface area contributed by atoms with Gasteiger partial charge >= 0.3 is 0 Å². The molecule has 21 heavy (non-hydrogen) atoms. The number of anilines is 2. The first kappa shape index (κ1) is 13.8. The van der Waals surface area contributed by atoms with Crippen molar-refractivity contribution in [2.75, 3.05) is 10.6 Å². The summed E-state index contributed by atoms with van der Waals surface area (Å²) < 4.78 is 0. The van der Waals surface area contributed by atoms with Crippen LogP contribution in [-0.2, 0) is 5.41 Å². The number of rotatable bonds is 1. The summed E-state index contributed by atoms with van der Waals surface area (Å²) in [5, 5.41) is 0.873. The highest BCUT2D eigenvalue weighted by molar-refractivity contribution is 7.20. The van der Waals surface area contributed by atoms with Crippen molar-refractivity contribution in [3.8, 4) is 0 Å². The van der Waals surface area contributed by atoms with Gasteiger partial charge in [-0.15, -0.1) is 0 Å². The molecule has 108 valence electrons. The van der Waals surface area contributed by atoms with Crippen molar-refractivity contribution < 1.29 is 9.59 Å². The van der Waals surface area contributed by atoms with E-state index in [1.165, 1.54) is 16.2 Å². The first-order valence-electron chi connectivity index (χ1n) is 6.55. The Balaban J connectivity index is 2.16. The van der Waals surface area contributed by atoms with Crippen LogP contribution < -0.4 is 10.6 Å². The molecule has 0 spiro atoms. The molecule has 0 atom stereocenters. The highest BCUT2D eigenvalue weighted by atomic mass is 32.1. The van der Waals surface area contributed by atoms with Gasteiger partial charge in [-0.1, -0.05) is 44.2 Å². The quantitative estimate of drug-likeness (QED) is 0.822. The molecule has 2 N–H and O–H groups in total. The summed E-state index contributed by atoms with van der Waals surface area (Å²) in [5.41, 5.74) is 7.01. The van der Waals surface area contributed by atoms with Gasteiger partial charge in [0, 0.05) is 5.41 Å². The molecule has 2 amide bonds. The lowest BCUT2D eigenvalue weighted by atomic mass is 9.92. The minimum Gasteiger partial charge on any atom is -0.375 e. The van der Waals surface area contributed by atoms with E-state index >= 15 is 0 Å². The molecule has 0 saturated carbocycles. The van der Waals surface area contributed by atoms with Gasteiger partial charge in [-0.05, 0) is 12.1 Å². The Labute approximate surface area is 126 Å². The Bertz CT molecular complexity index is 724. The number of aromatic nitrogens is 1. The largest absolute Gasteiger partial charge is 0.375 e. The molecule has 0 fully saturated rings. The van der Waals surface area contributed by atoms with Crippen LogP contribution in [0, 0.1) is 0 Å². The molecule has 0 saturated heterocycles. The second-order valence-electron chi connectivity index (χ2n) is 5.95. The van der Waals surface area contributed by atoms with Gasteiger partial charge in [-0.3, -0.25) is 9.59 Å². The lowest BCUT2D eigenvalue weighted by Crippen LogP contribution is -2.31. The smallest absolute Gasteiger partial charge is 0.266 e. The van der Waals surface area contributed by atoms with Crippen LogP contribution in [0.4, 0.5) is 10.1 Å². The van der Waals surface area contributed by atoms with Crippen molar-refractivity contribution in [3.63, 3.8) is 0 Å². The van der Waals surface area contributed by atoms with Crippen molar-refractivity contribution in [1.29, 1.82) is 0 Å². The standard InChI is InChI=1S/C15H15N3O2S/c1-15(2,3)10-13(21-14(16)17-10)18-11(19)8-6-4-5-7-9(8)12(18)20/h4-7H,1-3H3,(H2,16,17). The molecule has 0 unspecified atom stereocenters. The SMILES string of the molecule is CC(C)(C)c1nc(N)sc1N1C(=O)c2ccccc2C1=O. The molecule has 0 bridgehead atoms. The minimum absolute atomic E-state index is 0.307. The van der Waals surface area contributed by atoms with E-state index in [0.29, 0.717) is 27.0 Å². The van der Waals surface area contributed by atoms with Gasteiger partial charge in [-0.25, -0.2) is 9.88 Å². The average molecular weight is 301 g/mol. The highest BCUT2D eigenvalue weighted by Gasteiger charge is 2.40. The predicted molar refractivity (Wildman–Crippen MR) is 82.8 cm³/mol. The number of hydrogen-bond acceptors (Lipinski definition) is 5. The van der Waals surface area contributed by atoms with Gasteiger partial charge in [0.2, 0.25) is 0 Å². The number of benzene rings is 1. The molecule has 6 heteroatoms. The molecule has 3 rings (SSSR count). The summed E-state index contributed by atoms with van der Waals surface area (Å²) in [4.78, 5) is 30.6. The van der Waals surface area contributed by atoms with E-state index < -0.39 is 0 Å². The van der Waals surface area contributed by atoms with Gasteiger partial charge in [-0.2, -0.15) is 0 Å². The highest BCUT2D eigenvalue weighted by Crippen LogP contribution is 2.41. The third-order valence-corrected chi connectivity index (χ3v) is 4.20. The van der Waals surface area contributed by atoms with Crippen LogP contribution in [0.5, 0.6) is 0 Å². The molecule has 0 radical (unpaired) electrons. The fourth-order valence-electron chi connectivity index (χ4n) is 2.34. The molecule has 5 nitrogen and oxygen atoms in total. The van der Waals surface area contributed by atoms with Crippen LogP contribution in [0.2, 0.25) is 0 Å². The summed E-state index contributed by atoms with van der Waals surface area (Å²) in [6.07, 6.45) is 0. The van der Waals surface area contributed by atoms with Gasteiger partial charge in [0.1, 0.15) is 5.00 Å². The van der Waals surface area contributed by atoms with Crippen LogP contribution in [0.3, 0.4) is 0 Å². The van der Waals surface area contributed by atoms with E-state index in [2.05, 4.69) is 4.98 Å². The number of carbonyl (C=O) groups is 2. The van der Waals surface area contributed by atoms with Crippen LogP contribution in [0.15, 0.2) is 24.3 Å². The number of nitrogens with zero attached hydrogens (tertiary/aromatic N) is 2. The number of nitrogen functional groups attached to an aromatic ring is 1. The van der Waals surface area contributed by atoms with Gasteiger partial charge in [0.05, 0.1) is 16.8 Å². The maximum absolute atomic E-state index is 12.5. The summed E-state index contributed by atoms with van der Waals surface area (Å²) >= 11 is 1.17. The minimum atomic E-state index is -0.315. The van der Waals surface area contributed by atoms with E-state index in [9.17, 15) is 9.59 Å². The molecule has 1 aromatic carbocycles. The van der Waals surface area contributed by atoms with E-state index in [1.54, 1.807) is 24.3 Å². The zero-order chi connectivity index (χ0) is 15.4. The molecule has 1 aromatic heterocycles.